The number of hydrogen-bond donors (Lipinski definition) is 1. The Hall–Kier alpha value is -1.40. The first-order valence-electron chi connectivity index (χ1n) is 5.98. The van der Waals surface area contributed by atoms with Crippen molar-refractivity contribution in [1.82, 2.24) is 9.55 Å². The number of nitrogens with zero attached hydrogens (tertiary/aromatic N) is 3. The van der Waals surface area contributed by atoms with E-state index in [-0.39, 0.29) is 18.3 Å². The zero-order valence-electron chi connectivity index (χ0n) is 11.0. The smallest absolute Gasteiger partial charge is 0.293 e. The molecule has 6 nitrogen and oxygen atoms in total. The summed E-state index contributed by atoms with van der Waals surface area (Å²) in [6.07, 6.45) is 2.94. The summed E-state index contributed by atoms with van der Waals surface area (Å²) in [7, 11) is 1.70. The molecule has 2 rings (SSSR count). The van der Waals surface area contributed by atoms with Crippen molar-refractivity contribution in [3.8, 4) is 0 Å². The maximum absolute atomic E-state index is 12.0. The van der Waals surface area contributed by atoms with Crippen molar-refractivity contribution < 1.29 is 9.84 Å². The summed E-state index contributed by atoms with van der Waals surface area (Å²) in [4.78, 5) is 18.1. The van der Waals surface area contributed by atoms with Crippen LogP contribution in [0.15, 0.2) is 17.2 Å². The van der Waals surface area contributed by atoms with Gasteiger partial charge in [0.1, 0.15) is 0 Å². The zero-order valence-corrected chi connectivity index (χ0v) is 11.0. The van der Waals surface area contributed by atoms with Crippen LogP contribution in [0.4, 0.5) is 5.82 Å². The lowest BCUT2D eigenvalue weighted by molar-refractivity contribution is -0.101. The van der Waals surface area contributed by atoms with E-state index in [1.807, 2.05) is 18.7 Å². The molecule has 1 saturated heterocycles. The van der Waals surface area contributed by atoms with Gasteiger partial charge in [-0.05, 0) is 13.8 Å². The molecular formula is C12H19N3O3. The van der Waals surface area contributed by atoms with E-state index in [2.05, 4.69) is 4.98 Å². The number of ether oxygens (including phenoxy) is 1. The molecule has 1 aromatic rings. The number of aryl methyl sites for hydroxylation is 1. The van der Waals surface area contributed by atoms with E-state index in [9.17, 15) is 9.90 Å². The van der Waals surface area contributed by atoms with Gasteiger partial charge in [0.15, 0.2) is 5.82 Å². The van der Waals surface area contributed by atoms with Gasteiger partial charge in [-0.15, -0.1) is 0 Å². The summed E-state index contributed by atoms with van der Waals surface area (Å²) in [5, 5.41) is 9.26. The summed E-state index contributed by atoms with van der Waals surface area (Å²) in [6, 6.07) is 0. The lowest BCUT2D eigenvalue weighted by Crippen LogP contribution is -2.55. The molecule has 0 bridgehead atoms. The molecule has 100 valence electrons. The third-order valence-corrected chi connectivity index (χ3v) is 2.98. The molecule has 1 aliphatic heterocycles. The van der Waals surface area contributed by atoms with Crippen LogP contribution in [0.2, 0.25) is 0 Å². The van der Waals surface area contributed by atoms with Crippen molar-refractivity contribution in [3.05, 3.63) is 22.7 Å². The van der Waals surface area contributed by atoms with Crippen molar-refractivity contribution in [2.75, 3.05) is 24.6 Å². The Bertz CT molecular complexity index is 484. The number of aromatic nitrogens is 2. The molecule has 0 radical (unpaired) electrons. The molecule has 1 aromatic heterocycles. The fourth-order valence-electron chi connectivity index (χ4n) is 2.25. The maximum Gasteiger partial charge on any atom is 0.293 e. The first-order valence-corrected chi connectivity index (χ1v) is 5.98. The molecule has 0 aliphatic carbocycles. The molecule has 6 heteroatoms. The predicted octanol–water partition coefficient (Wildman–Crippen LogP) is -0.244. The van der Waals surface area contributed by atoms with Crippen LogP contribution in [-0.2, 0) is 11.8 Å². The average molecular weight is 253 g/mol. The first-order chi connectivity index (χ1) is 8.43. The van der Waals surface area contributed by atoms with Crippen LogP contribution >= 0.6 is 0 Å². The van der Waals surface area contributed by atoms with Crippen LogP contribution in [0.25, 0.3) is 0 Å². The Kier molecular flexibility index (Phi) is 3.41. The highest BCUT2D eigenvalue weighted by atomic mass is 16.5. The fourth-order valence-corrected chi connectivity index (χ4v) is 2.25. The summed E-state index contributed by atoms with van der Waals surface area (Å²) < 4.78 is 7.22. The van der Waals surface area contributed by atoms with Gasteiger partial charge in [-0.3, -0.25) is 4.79 Å². The Morgan fingerprint density at radius 1 is 1.61 bits per heavy atom. The van der Waals surface area contributed by atoms with E-state index in [4.69, 9.17) is 4.74 Å². The average Bonchev–Trinajstić information content (AvgIpc) is 2.30. The molecule has 0 amide bonds. The SMILES string of the molecule is Cn1ccnc(N2CC(CO)OC(C)(C)C2)c1=O. The molecular weight excluding hydrogens is 234 g/mol. The van der Waals surface area contributed by atoms with Crippen LogP contribution in [0.5, 0.6) is 0 Å². The monoisotopic (exact) mass is 253 g/mol. The molecule has 0 aromatic carbocycles. The number of morpholine rings is 1. The highest BCUT2D eigenvalue weighted by Crippen LogP contribution is 2.22. The van der Waals surface area contributed by atoms with Gasteiger partial charge in [0.2, 0.25) is 0 Å². The normalized spacial score (nSPS) is 23.1. The van der Waals surface area contributed by atoms with Gasteiger partial charge in [0.05, 0.1) is 18.3 Å². The number of aliphatic hydroxyl groups excluding tert-OH is 1. The fraction of sp³-hybridized carbons (Fsp3) is 0.667. The minimum absolute atomic E-state index is 0.0624. The summed E-state index contributed by atoms with van der Waals surface area (Å²) in [6.45, 7) is 4.87. The summed E-state index contributed by atoms with van der Waals surface area (Å²) in [5.41, 5.74) is -0.541. The quantitative estimate of drug-likeness (QED) is 0.787. The Morgan fingerprint density at radius 2 is 2.33 bits per heavy atom. The van der Waals surface area contributed by atoms with Crippen LogP contribution < -0.4 is 10.5 Å². The third-order valence-electron chi connectivity index (χ3n) is 2.98. The molecule has 1 fully saturated rings. The Labute approximate surface area is 106 Å². The van der Waals surface area contributed by atoms with E-state index < -0.39 is 5.60 Å². The van der Waals surface area contributed by atoms with Crippen molar-refractivity contribution in [1.29, 1.82) is 0 Å². The molecule has 1 unspecified atom stereocenters. The molecule has 0 spiro atoms. The standard InChI is InChI=1S/C12H19N3O3/c1-12(2)8-15(6-9(7-16)18-12)10-11(17)14(3)5-4-13-10/h4-5,9,16H,6-8H2,1-3H3. The van der Waals surface area contributed by atoms with Crippen LogP contribution in [0.3, 0.4) is 0 Å². The van der Waals surface area contributed by atoms with E-state index in [0.29, 0.717) is 18.9 Å². The van der Waals surface area contributed by atoms with Gasteiger partial charge in [-0.1, -0.05) is 0 Å². The van der Waals surface area contributed by atoms with Crippen molar-refractivity contribution in [2.24, 2.45) is 7.05 Å². The van der Waals surface area contributed by atoms with Crippen LogP contribution in [0.1, 0.15) is 13.8 Å². The van der Waals surface area contributed by atoms with Crippen molar-refractivity contribution in [3.63, 3.8) is 0 Å². The number of anilines is 1. The number of aliphatic hydroxyl groups is 1. The predicted molar refractivity (Wildman–Crippen MR) is 67.7 cm³/mol. The second-order valence-electron chi connectivity index (χ2n) is 5.23. The van der Waals surface area contributed by atoms with E-state index >= 15 is 0 Å². The van der Waals surface area contributed by atoms with E-state index in [1.165, 1.54) is 4.57 Å². The number of rotatable bonds is 2. The maximum atomic E-state index is 12.0. The van der Waals surface area contributed by atoms with Crippen LogP contribution in [0, 0.1) is 0 Å². The molecule has 1 aliphatic rings. The largest absolute Gasteiger partial charge is 0.394 e. The summed E-state index contributed by atoms with van der Waals surface area (Å²) in [5.74, 6) is 0.412. The van der Waals surface area contributed by atoms with Crippen molar-refractivity contribution >= 4 is 5.82 Å². The van der Waals surface area contributed by atoms with Gasteiger partial charge in [0.25, 0.3) is 5.56 Å². The Morgan fingerprint density at radius 3 is 3.00 bits per heavy atom. The molecule has 1 atom stereocenters. The minimum Gasteiger partial charge on any atom is -0.394 e. The van der Waals surface area contributed by atoms with Crippen molar-refractivity contribution in [2.45, 2.75) is 25.6 Å². The van der Waals surface area contributed by atoms with Gasteiger partial charge in [-0.2, -0.15) is 0 Å². The van der Waals surface area contributed by atoms with Gasteiger partial charge >= 0.3 is 0 Å². The molecule has 0 saturated carbocycles. The zero-order chi connectivity index (χ0) is 13.3. The second kappa shape index (κ2) is 4.70. The van der Waals surface area contributed by atoms with Gasteiger partial charge in [0, 0.05) is 32.5 Å². The molecule has 18 heavy (non-hydrogen) atoms. The van der Waals surface area contributed by atoms with Crippen LogP contribution in [-0.4, -0.2) is 46.1 Å². The number of hydrogen-bond acceptors (Lipinski definition) is 5. The lowest BCUT2D eigenvalue weighted by atomic mass is 10.1. The topological polar surface area (TPSA) is 67.6 Å². The lowest BCUT2D eigenvalue weighted by Gasteiger charge is -2.42. The third kappa shape index (κ3) is 2.54. The Balaban J connectivity index is 2.32. The van der Waals surface area contributed by atoms with E-state index in [1.54, 1.807) is 19.4 Å². The van der Waals surface area contributed by atoms with Gasteiger partial charge < -0.3 is 19.3 Å². The first kappa shape index (κ1) is 13.0. The highest BCUT2D eigenvalue weighted by molar-refractivity contribution is 5.37. The van der Waals surface area contributed by atoms with Gasteiger partial charge in [-0.25, -0.2) is 4.98 Å². The second-order valence-corrected chi connectivity index (χ2v) is 5.23. The summed E-state index contributed by atoms with van der Waals surface area (Å²) >= 11 is 0. The van der Waals surface area contributed by atoms with E-state index in [0.717, 1.165) is 0 Å². The molecule has 1 N–H and O–H groups in total. The minimum atomic E-state index is -0.409. The highest BCUT2D eigenvalue weighted by Gasteiger charge is 2.34. The molecule has 2 heterocycles.